The van der Waals surface area contributed by atoms with Gasteiger partial charge in [-0.1, -0.05) is 12.1 Å². The number of para-hydroxylation sites is 1. The number of halogens is 1. The first-order chi connectivity index (χ1) is 5.29. The Hall–Kier alpha value is -0.250. The predicted octanol–water partition coefficient (Wildman–Crippen LogP) is 2.28. The van der Waals surface area contributed by atoms with Crippen molar-refractivity contribution in [3.8, 4) is 0 Å². The van der Waals surface area contributed by atoms with Gasteiger partial charge in [0.25, 0.3) is 0 Å². The number of hydrogen-bond donors (Lipinski definition) is 0. The molecule has 2 heteroatoms. The second kappa shape index (κ2) is 2.66. The fraction of sp³-hybridized carbons (Fsp3) is 0.333. The Kier molecular flexibility index (Phi) is 1.79. The highest BCUT2D eigenvalue weighted by molar-refractivity contribution is 14.1. The Bertz CT molecular complexity index is 283. The van der Waals surface area contributed by atoms with E-state index in [1.165, 1.54) is 27.8 Å². The van der Waals surface area contributed by atoms with Crippen molar-refractivity contribution < 1.29 is 0 Å². The Morgan fingerprint density at radius 3 is 3.00 bits per heavy atom. The summed E-state index contributed by atoms with van der Waals surface area (Å²) in [7, 11) is 2.16. The van der Waals surface area contributed by atoms with Gasteiger partial charge in [-0.2, -0.15) is 0 Å². The van der Waals surface area contributed by atoms with E-state index in [0.29, 0.717) is 0 Å². The number of fused-ring (bicyclic) bond motifs is 1. The first-order valence-electron chi connectivity index (χ1n) is 3.77. The van der Waals surface area contributed by atoms with Gasteiger partial charge in [-0.25, -0.2) is 0 Å². The van der Waals surface area contributed by atoms with Crippen molar-refractivity contribution in [2.75, 3.05) is 18.5 Å². The van der Waals surface area contributed by atoms with Gasteiger partial charge in [0.1, 0.15) is 0 Å². The molecule has 0 amide bonds. The van der Waals surface area contributed by atoms with Crippen LogP contribution in [0.3, 0.4) is 0 Å². The second-order valence-electron chi connectivity index (χ2n) is 2.92. The third-order valence-electron chi connectivity index (χ3n) is 2.17. The smallest absolute Gasteiger partial charge is 0.0532 e. The van der Waals surface area contributed by atoms with Crippen LogP contribution in [0.25, 0.3) is 0 Å². The first kappa shape index (κ1) is 7.40. The zero-order valence-corrected chi connectivity index (χ0v) is 8.63. The molecule has 1 aromatic carbocycles. The summed E-state index contributed by atoms with van der Waals surface area (Å²) >= 11 is 2.40. The average Bonchev–Trinajstić information content (AvgIpc) is 2.34. The maximum Gasteiger partial charge on any atom is 0.0532 e. The van der Waals surface area contributed by atoms with Crippen LogP contribution < -0.4 is 4.90 Å². The van der Waals surface area contributed by atoms with Gasteiger partial charge >= 0.3 is 0 Å². The van der Waals surface area contributed by atoms with Crippen molar-refractivity contribution in [2.45, 2.75) is 6.42 Å². The molecule has 0 fully saturated rings. The minimum atomic E-state index is 1.18. The van der Waals surface area contributed by atoms with Crippen LogP contribution in [-0.4, -0.2) is 13.6 Å². The monoisotopic (exact) mass is 259 g/mol. The van der Waals surface area contributed by atoms with E-state index in [1.54, 1.807) is 0 Å². The van der Waals surface area contributed by atoms with Gasteiger partial charge in [0.15, 0.2) is 0 Å². The Balaban J connectivity index is 2.58. The molecule has 1 aliphatic heterocycles. The molecule has 0 saturated heterocycles. The maximum atomic E-state index is 2.40. The normalized spacial score (nSPS) is 15.3. The highest BCUT2D eigenvalue weighted by Crippen LogP contribution is 2.31. The molecule has 0 saturated carbocycles. The lowest BCUT2D eigenvalue weighted by atomic mass is 10.2. The second-order valence-corrected chi connectivity index (χ2v) is 4.08. The molecular formula is C9H10IN. The molecular weight excluding hydrogens is 249 g/mol. The molecule has 2 rings (SSSR count). The van der Waals surface area contributed by atoms with E-state index in [0.717, 1.165) is 0 Å². The van der Waals surface area contributed by atoms with Crippen LogP contribution in [0.1, 0.15) is 5.56 Å². The summed E-state index contributed by atoms with van der Waals surface area (Å²) in [6.07, 6.45) is 1.21. The minimum absolute atomic E-state index is 1.18. The van der Waals surface area contributed by atoms with Crippen LogP contribution in [0.4, 0.5) is 5.69 Å². The maximum absolute atomic E-state index is 2.40. The fourth-order valence-electron chi connectivity index (χ4n) is 1.59. The zero-order chi connectivity index (χ0) is 7.84. The van der Waals surface area contributed by atoms with Crippen molar-refractivity contribution >= 4 is 28.3 Å². The Morgan fingerprint density at radius 2 is 2.27 bits per heavy atom. The van der Waals surface area contributed by atoms with Crippen LogP contribution in [-0.2, 0) is 6.42 Å². The number of likely N-dealkylation sites (N-methyl/N-ethyl adjacent to an activating group) is 1. The van der Waals surface area contributed by atoms with Gasteiger partial charge in [-0.15, -0.1) is 0 Å². The highest BCUT2D eigenvalue weighted by Gasteiger charge is 2.16. The molecule has 0 spiro atoms. The minimum Gasteiger partial charge on any atom is -0.373 e. The van der Waals surface area contributed by atoms with E-state index < -0.39 is 0 Å². The Labute approximate surface area is 80.5 Å². The molecule has 0 N–H and O–H groups in total. The molecule has 1 nitrogen and oxygen atoms in total. The summed E-state index contributed by atoms with van der Waals surface area (Å²) in [5.74, 6) is 0. The lowest BCUT2D eigenvalue weighted by Gasteiger charge is -2.13. The van der Waals surface area contributed by atoms with E-state index in [4.69, 9.17) is 0 Å². The predicted molar refractivity (Wildman–Crippen MR) is 56.1 cm³/mol. The number of benzene rings is 1. The lowest BCUT2D eigenvalue weighted by molar-refractivity contribution is 0.955. The van der Waals surface area contributed by atoms with Crippen molar-refractivity contribution in [2.24, 2.45) is 0 Å². The van der Waals surface area contributed by atoms with Gasteiger partial charge in [0.05, 0.1) is 5.69 Å². The first-order valence-corrected chi connectivity index (χ1v) is 4.85. The van der Waals surface area contributed by atoms with E-state index in [2.05, 4.69) is 52.7 Å². The van der Waals surface area contributed by atoms with E-state index in [1.807, 2.05) is 0 Å². The van der Waals surface area contributed by atoms with E-state index >= 15 is 0 Å². The summed E-state index contributed by atoms with van der Waals surface area (Å²) in [5, 5.41) is 0. The summed E-state index contributed by atoms with van der Waals surface area (Å²) in [5.41, 5.74) is 2.94. The van der Waals surface area contributed by atoms with Crippen molar-refractivity contribution in [1.29, 1.82) is 0 Å². The van der Waals surface area contributed by atoms with Crippen molar-refractivity contribution in [3.05, 3.63) is 27.3 Å². The highest BCUT2D eigenvalue weighted by atomic mass is 127. The van der Waals surface area contributed by atoms with Crippen LogP contribution in [0, 0.1) is 3.57 Å². The van der Waals surface area contributed by atoms with Gasteiger partial charge in [-0.05, 0) is 40.6 Å². The van der Waals surface area contributed by atoms with Gasteiger partial charge in [0, 0.05) is 17.2 Å². The molecule has 58 valence electrons. The van der Waals surface area contributed by atoms with E-state index in [-0.39, 0.29) is 0 Å². The topological polar surface area (TPSA) is 3.24 Å². The molecule has 0 unspecified atom stereocenters. The summed E-state index contributed by atoms with van der Waals surface area (Å²) in [6.45, 7) is 1.18. The largest absolute Gasteiger partial charge is 0.373 e. The van der Waals surface area contributed by atoms with Crippen LogP contribution >= 0.6 is 22.6 Å². The number of rotatable bonds is 0. The molecule has 0 radical (unpaired) electrons. The third kappa shape index (κ3) is 1.13. The lowest BCUT2D eigenvalue weighted by Crippen LogP contribution is -2.13. The summed E-state index contributed by atoms with van der Waals surface area (Å²) < 4.78 is 1.38. The fourth-order valence-corrected chi connectivity index (χ4v) is 2.55. The number of nitrogens with zero attached hydrogens (tertiary/aromatic N) is 1. The number of anilines is 1. The number of hydrogen-bond acceptors (Lipinski definition) is 1. The molecule has 0 aliphatic carbocycles. The quantitative estimate of drug-likeness (QED) is 0.646. The Morgan fingerprint density at radius 1 is 1.45 bits per heavy atom. The van der Waals surface area contributed by atoms with Crippen LogP contribution in [0.5, 0.6) is 0 Å². The molecule has 1 heterocycles. The molecule has 0 atom stereocenters. The van der Waals surface area contributed by atoms with Gasteiger partial charge in [0.2, 0.25) is 0 Å². The van der Waals surface area contributed by atoms with Crippen molar-refractivity contribution in [1.82, 2.24) is 0 Å². The van der Waals surface area contributed by atoms with Crippen LogP contribution in [0.2, 0.25) is 0 Å². The standard InChI is InChI=1S/C9H10IN/c1-11-6-5-7-3-2-4-8(10)9(7)11/h2-4H,5-6H2,1H3. The van der Waals surface area contributed by atoms with Gasteiger partial charge < -0.3 is 4.90 Å². The van der Waals surface area contributed by atoms with Gasteiger partial charge in [-0.3, -0.25) is 0 Å². The summed E-state index contributed by atoms with van der Waals surface area (Å²) in [6, 6.07) is 6.53. The molecule has 1 aromatic rings. The van der Waals surface area contributed by atoms with E-state index in [9.17, 15) is 0 Å². The average molecular weight is 259 g/mol. The third-order valence-corrected chi connectivity index (χ3v) is 3.04. The van der Waals surface area contributed by atoms with Crippen molar-refractivity contribution in [3.63, 3.8) is 0 Å². The molecule has 1 aliphatic rings. The molecule has 11 heavy (non-hydrogen) atoms. The summed E-state index contributed by atoms with van der Waals surface area (Å²) in [4.78, 5) is 2.33. The SMILES string of the molecule is CN1CCc2cccc(I)c21. The molecule has 0 bridgehead atoms. The van der Waals surface area contributed by atoms with Crippen LogP contribution in [0.15, 0.2) is 18.2 Å². The molecule has 0 aromatic heterocycles. The zero-order valence-electron chi connectivity index (χ0n) is 6.47.